The molecular formula is C19H23ClN2O6S. The summed E-state index contributed by atoms with van der Waals surface area (Å²) in [6.45, 7) is 1.79. The summed E-state index contributed by atoms with van der Waals surface area (Å²) in [5, 5.41) is 3.11. The summed E-state index contributed by atoms with van der Waals surface area (Å²) < 4.78 is 41.5. The lowest BCUT2D eigenvalue weighted by atomic mass is 10.1. The molecule has 0 aromatic heterocycles. The SMILES string of the molecule is CCN(c1cc(OC)c(OC)cc1C(=O)Nc1cc(Cl)ccc1OC)S(C)(=O)=O. The van der Waals surface area contributed by atoms with Crippen LogP contribution in [-0.2, 0) is 10.0 Å². The molecule has 0 aliphatic carbocycles. The van der Waals surface area contributed by atoms with Crippen molar-refractivity contribution in [3.63, 3.8) is 0 Å². The van der Waals surface area contributed by atoms with Gasteiger partial charge in [0.1, 0.15) is 5.75 Å². The average molecular weight is 443 g/mol. The predicted octanol–water partition coefficient (Wildman–Crippen LogP) is 3.40. The molecule has 158 valence electrons. The second kappa shape index (κ2) is 9.23. The fourth-order valence-electron chi connectivity index (χ4n) is 2.81. The van der Waals surface area contributed by atoms with Crippen LogP contribution in [0.2, 0.25) is 5.02 Å². The lowest BCUT2D eigenvalue weighted by Gasteiger charge is -2.24. The summed E-state index contributed by atoms with van der Waals surface area (Å²) in [6.07, 6.45) is 1.06. The number of benzene rings is 2. The Labute approximate surface area is 175 Å². The van der Waals surface area contributed by atoms with Crippen molar-refractivity contribution in [1.82, 2.24) is 0 Å². The smallest absolute Gasteiger partial charge is 0.258 e. The molecule has 0 unspecified atom stereocenters. The Balaban J connectivity index is 2.63. The van der Waals surface area contributed by atoms with E-state index in [-0.39, 0.29) is 23.5 Å². The summed E-state index contributed by atoms with van der Waals surface area (Å²) in [5.74, 6) is 0.411. The maximum Gasteiger partial charge on any atom is 0.258 e. The standard InChI is InChI=1S/C19H23ClN2O6S/c1-6-22(29(5,24)25)15-11-18(28-4)17(27-3)10-13(15)19(23)21-14-9-12(20)7-8-16(14)26-2/h7-11H,6H2,1-5H3,(H,21,23). The highest BCUT2D eigenvalue weighted by Gasteiger charge is 2.25. The second-order valence-corrected chi connectivity index (χ2v) is 8.29. The van der Waals surface area contributed by atoms with Gasteiger partial charge in [0, 0.05) is 17.6 Å². The van der Waals surface area contributed by atoms with Gasteiger partial charge in [-0.15, -0.1) is 0 Å². The molecule has 0 radical (unpaired) electrons. The number of nitrogens with one attached hydrogen (secondary N) is 1. The van der Waals surface area contributed by atoms with Crippen molar-refractivity contribution in [3.8, 4) is 17.2 Å². The molecule has 0 heterocycles. The van der Waals surface area contributed by atoms with Gasteiger partial charge in [0.15, 0.2) is 11.5 Å². The molecule has 2 aromatic carbocycles. The molecule has 2 rings (SSSR count). The predicted molar refractivity (Wildman–Crippen MR) is 113 cm³/mol. The minimum Gasteiger partial charge on any atom is -0.495 e. The van der Waals surface area contributed by atoms with Gasteiger partial charge in [0.25, 0.3) is 5.91 Å². The lowest BCUT2D eigenvalue weighted by Crippen LogP contribution is -2.31. The Bertz CT molecular complexity index is 1010. The molecule has 1 N–H and O–H groups in total. The third-order valence-corrected chi connectivity index (χ3v) is 5.60. The normalized spacial score (nSPS) is 11.0. The molecule has 29 heavy (non-hydrogen) atoms. The number of anilines is 2. The Morgan fingerprint density at radius 2 is 1.62 bits per heavy atom. The van der Waals surface area contributed by atoms with Crippen LogP contribution in [-0.4, -0.2) is 48.5 Å². The van der Waals surface area contributed by atoms with E-state index in [1.807, 2.05) is 0 Å². The summed E-state index contributed by atoms with van der Waals surface area (Å²) >= 11 is 6.02. The van der Waals surface area contributed by atoms with Gasteiger partial charge in [-0.05, 0) is 31.2 Å². The molecule has 0 aliphatic heterocycles. The summed E-state index contributed by atoms with van der Waals surface area (Å²) in [6, 6.07) is 7.65. The molecule has 1 amide bonds. The van der Waals surface area contributed by atoms with Crippen molar-refractivity contribution in [1.29, 1.82) is 0 Å². The minimum atomic E-state index is -3.65. The molecule has 10 heteroatoms. The van der Waals surface area contributed by atoms with Gasteiger partial charge >= 0.3 is 0 Å². The molecule has 8 nitrogen and oxygen atoms in total. The number of carbonyl (C=O) groups excluding carboxylic acids is 1. The highest BCUT2D eigenvalue weighted by atomic mass is 35.5. The van der Waals surface area contributed by atoms with E-state index in [0.29, 0.717) is 22.2 Å². The number of methoxy groups -OCH3 is 3. The third-order valence-electron chi connectivity index (χ3n) is 4.11. The Hall–Kier alpha value is -2.65. The third kappa shape index (κ3) is 5.04. The number of carbonyl (C=O) groups is 1. The number of hydrogen-bond acceptors (Lipinski definition) is 6. The van der Waals surface area contributed by atoms with Crippen molar-refractivity contribution in [2.75, 3.05) is 43.8 Å². The molecule has 0 saturated heterocycles. The number of ether oxygens (including phenoxy) is 3. The summed E-state index contributed by atoms with van der Waals surface area (Å²) in [5.41, 5.74) is 0.580. The number of nitrogens with zero attached hydrogens (tertiary/aromatic N) is 1. The topological polar surface area (TPSA) is 94.2 Å². The summed E-state index contributed by atoms with van der Waals surface area (Å²) in [7, 11) is 0.661. The zero-order valence-corrected chi connectivity index (χ0v) is 18.3. The Morgan fingerprint density at radius 1 is 1.03 bits per heavy atom. The Morgan fingerprint density at radius 3 is 2.14 bits per heavy atom. The number of hydrogen-bond donors (Lipinski definition) is 1. The van der Waals surface area contributed by atoms with Crippen LogP contribution in [0, 0.1) is 0 Å². The van der Waals surface area contributed by atoms with E-state index in [4.69, 9.17) is 25.8 Å². The molecular weight excluding hydrogens is 420 g/mol. The van der Waals surface area contributed by atoms with Crippen LogP contribution >= 0.6 is 11.6 Å². The van der Waals surface area contributed by atoms with Crippen LogP contribution < -0.4 is 23.8 Å². The van der Waals surface area contributed by atoms with Gasteiger partial charge in [0.2, 0.25) is 10.0 Å². The second-order valence-electron chi connectivity index (χ2n) is 5.95. The van der Waals surface area contributed by atoms with Gasteiger partial charge in [0.05, 0.1) is 44.5 Å². The number of halogens is 1. The molecule has 0 fully saturated rings. The van der Waals surface area contributed by atoms with Gasteiger partial charge < -0.3 is 19.5 Å². The van der Waals surface area contributed by atoms with E-state index in [9.17, 15) is 13.2 Å². The van der Waals surface area contributed by atoms with E-state index < -0.39 is 15.9 Å². The van der Waals surface area contributed by atoms with Gasteiger partial charge in [-0.2, -0.15) is 0 Å². The largest absolute Gasteiger partial charge is 0.495 e. The number of amides is 1. The Kier molecular flexibility index (Phi) is 7.21. The highest BCUT2D eigenvalue weighted by Crippen LogP contribution is 2.37. The molecule has 0 atom stereocenters. The van der Waals surface area contributed by atoms with Crippen molar-refractivity contribution in [2.24, 2.45) is 0 Å². The monoisotopic (exact) mass is 442 g/mol. The molecule has 0 bridgehead atoms. The maximum absolute atomic E-state index is 13.1. The van der Waals surface area contributed by atoms with Crippen LogP contribution in [0.3, 0.4) is 0 Å². The first-order valence-electron chi connectivity index (χ1n) is 8.54. The van der Waals surface area contributed by atoms with Crippen molar-refractivity contribution < 1.29 is 27.4 Å². The van der Waals surface area contributed by atoms with Crippen molar-refractivity contribution in [3.05, 3.63) is 40.9 Å². The van der Waals surface area contributed by atoms with E-state index in [2.05, 4.69) is 5.32 Å². The van der Waals surface area contributed by atoms with E-state index >= 15 is 0 Å². The van der Waals surface area contributed by atoms with Gasteiger partial charge in [-0.25, -0.2) is 8.42 Å². The average Bonchev–Trinajstić information content (AvgIpc) is 2.67. The number of rotatable bonds is 8. The van der Waals surface area contributed by atoms with Gasteiger partial charge in [-0.1, -0.05) is 11.6 Å². The first-order valence-corrected chi connectivity index (χ1v) is 10.8. The molecule has 0 aliphatic rings. The zero-order valence-electron chi connectivity index (χ0n) is 16.8. The number of sulfonamides is 1. The van der Waals surface area contributed by atoms with Crippen LogP contribution in [0.15, 0.2) is 30.3 Å². The van der Waals surface area contributed by atoms with Crippen molar-refractivity contribution in [2.45, 2.75) is 6.92 Å². The highest BCUT2D eigenvalue weighted by molar-refractivity contribution is 7.92. The van der Waals surface area contributed by atoms with Crippen LogP contribution in [0.5, 0.6) is 17.2 Å². The maximum atomic E-state index is 13.1. The zero-order chi connectivity index (χ0) is 21.8. The van der Waals surface area contributed by atoms with E-state index in [1.54, 1.807) is 19.1 Å². The van der Waals surface area contributed by atoms with E-state index in [0.717, 1.165) is 10.6 Å². The summed E-state index contributed by atoms with van der Waals surface area (Å²) in [4.78, 5) is 13.1. The first-order chi connectivity index (χ1) is 13.7. The van der Waals surface area contributed by atoms with E-state index in [1.165, 1.54) is 39.5 Å². The minimum absolute atomic E-state index is 0.0805. The van der Waals surface area contributed by atoms with Crippen LogP contribution in [0.4, 0.5) is 11.4 Å². The fraction of sp³-hybridized carbons (Fsp3) is 0.316. The van der Waals surface area contributed by atoms with Crippen LogP contribution in [0.25, 0.3) is 0 Å². The quantitative estimate of drug-likeness (QED) is 0.673. The molecule has 0 spiro atoms. The first kappa shape index (κ1) is 22.6. The molecule has 0 saturated carbocycles. The fourth-order valence-corrected chi connectivity index (χ4v) is 3.96. The van der Waals surface area contributed by atoms with Gasteiger partial charge in [-0.3, -0.25) is 9.10 Å². The lowest BCUT2D eigenvalue weighted by molar-refractivity contribution is 0.102. The van der Waals surface area contributed by atoms with Crippen LogP contribution in [0.1, 0.15) is 17.3 Å². The molecule has 2 aromatic rings. The van der Waals surface area contributed by atoms with Crippen molar-refractivity contribution >= 4 is 38.9 Å².